The molecule has 1 heterocycles. The lowest BCUT2D eigenvalue weighted by Gasteiger charge is -2.30. The maximum Gasteiger partial charge on any atom is 0.410 e. The fraction of sp³-hybridized carbons (Fsp3) is 0.667. The van der Waals surface area contributed by atoms with Crippen LogP contribution in [0.4, 0.5) is 4.79 Å². The van der Waals surface area contributed by atoms with Crippen molar-refractivity contribution < 1.29 is 14.3 Å². The molecule has 0 spiro atoms. The molecule has 138 valence electrons. The molecule has 0 radical (unpaired) electrons. The highest BCUT2D eigenvalue weighted by Crippen LogP contribution is 2.51. The maximum atomic E-state index is 12.4. The molecule has 0 N–H and O–H groups in total. The van der Waals surface area contributed by atoms with Crippen LogP contribution in [0.3, 0.4) is 0 Å². The molecule has 4 nitrogen and oxygen atoms in total. The number of carbonyl (C=O) groups is 1. The van der Waals surface area contributed by atoms with E-state index in [4.69, 9.17) is 9.47 Å². The molecule has 1 saturated heterocycles. The Bertz CT molecular complexity index is 575. The van der Waals surface area contributed by atoms with Crippen molar-refractivity contribution in [2.45, 2.75) is 71.1 Å². The average molecular weight is 345 g/mol. The van der Waals surface area contributed by atoms with Gasteiger partial charge in [0.2, 0.25) is 0 Å². The fourth-order valence-corrected chi connectivity index (χ4v) is 3.65. The summed E-state index contributed by atoms with van der Waals surface area (Å²) in [4.78, 5) is 14.4. The molecule has 1 aliphatic heterocycles. The van der Waals surface area contributed by atoms with Gasteiger partial charge in [-0.15, -0.1) is 0 Å². The van der Waals surface area contributed by atoms with Gasteiger partial charge in [0.25, 0.3) is 0 Å². The second kappa shape index (κ2) is 7.36. The lowest BCUT2D eigenvalue weighted by atomic mass is 9.96. The number of rotatable bonds is 6. The van der Waals surface area contributed by atoms with E-state index < -0.39 is 5.60 Å². The molecule has 1 saturated carbocycles. The minimum Gasteiger partial charge on any atom is -0.444 e. The van der Waals surface area contributed by atoms with Gasteiger partial charge in [0.1, 0.15) is 5.60 Å². The molecule has 2 fully saturated rings. The average Bonchev–Trinajstić information content (AvgIpc) is 3.14. The van der Waals surface area contributed by atoms with Gasteiger partial charge in [-0.2, -0.15) is 0 Å². The number of likely N-dealkylation sites (tertiary alicyclic amines) is 1. The lowest BCUT2D eigenvalue weighted by molar-refractivity contribution is 0.0163. The minimum absolute atomic E-state index is 0.156. The van der Waals surface area contributed by atoms with Crippen LogP contribution in [0.1, 0.15) is 58.4 Å². The van der Waals surface area contributed by atoms with E-state index in [0.717, 1.165) is 32.4 Å². The number of carbonyl (C=O) groups excluding carboxylic acids is 1. The van der Waals surface area contributed by atoms with Crippen LogP contribution < -0.4 is 0 Å². The van der Waals surface area contributed by atoms with Gasteiger partial charge in [0.05, 0.1) is 13.2 Å². The quantitative estimate of drug-likeness (QED) is 0.745. The predicted molar refractivity (Wildman–Crippen MR) is 98.3 cm³/mol. The van der Waals surface area contributed by atoms with E-state index in [0.29, 0.717) is 12.6 Å². The third kappa shape index (κ3) is 5.21. The van der Waals surface area contributed by atoms with Gasteiger partial charge in [-0.3, -0.25) is 0 Å². The Morgan fingerprint density at radius 1 is 1.24 bits per heavy atom. The van der Waals surface area contributed by atoms with Crippen LogP contribution in [0.15, 0.2) is 30.3 Å². The van der Waals surface area contributed by atoms with Gasteiger partial charge in [-0.05, 0) is 63.9 Å². The molecule has 1 unspecified atom stereocenters. The van der Waals surface area contributed by atoms with Crippen LogP contribution in [0, 0.1) is 5.41 Å². The molecule has 25 heavy (non-hydrogen) atoms. The summed E-state index contributed by atoms with van der Waals surface area (Å²) in [5.41, 5.74) is 1.05. The van der Waals surface area contributed by atoms with E-state index in [1.807, 2.05) is 43.9 Å². The molecule has 1 amide bonds. The molecule has 1 atom stereocenters. The van der Waals surface area contributed by atoms with E-state index in [1.165, 1.54) is 18.4 Å². The molecule has 1 aromatic rings. The van der Waals surface area contributed by atoms with Crippen LogP contribution >= 0.6 is 0 Å². The first-order chi connectivity index (χ1) is 11.9. The van der Waals surface area contributed by atoms with E-state index in [9.17, 15) is 4.79 Å². The number of amides is 1. The summed E-state index contributed by atoms with van der Waals surface area (Å²) in [6.07, 6.45) is 5.46. The van der Waals surface area contributed by atoms with Crippen molar-refractivity contribution in [3.05, 3.63) is 35.9 Å². The lowest BCUT2D eigenvalue weighted by Crippen LogP contribution is -2.41. The van der Waals surface area contributed by atoms with Crippen molar-refractivity contribution in [1.82, 2.24) is 4.90 Å². The van der Waals surface area contributed by atoms with Crippen molar-refractivity contribution in [3.8, 4) is 0 Å². The first-order valence-electron chi connectivity index (χ1n) is 9.48. The van der Waals surface area contributed by atoms with E-state index in [1.54, 1.807) is 0 Å². The number of ether oxygens (including phenoxy) is 2. The Morgan fingerprint density at radius 2 is 1.96 bits per heavy atom. The van der Waals surface area contributed by atoms with E-state index >= 15 is 0 Å². The first kappa shape index (κ1) is 18.2. The molecule has 2 aliphatic rings. The van der Waals surface area contributed by atoms with Crippen LogP contribution in [0.25, 0.3) is 0 Å². The fourth-order valence-electron chi connectivity index (χ4n) is 3.65. The summed E-state index contributed by atoms with van der Waals surface area (Å²) in [6.45, 7) is 8.06. The van der Waals surface area contributed by atoms with E-state index in [-0.39, 0.29) is 11.5 Å². The highest BCUT2D eigenvalue weighted by atomic mass is 16.6. The third-order valence-corrected chi connectivity index (χ3v) is 5.15. The summed E-state index contributed by atoms with van der Waals surface area (Å²) in [5.74, 6) is 0. The van der Waals surface area contributed by atoms with Crippen LogP contribution in [0.5, 0.6) is 0 Å². The van der Waals surface area contributed by atoms with E-state index in [2.05, 4.69) is 12.1 Å². The van der Waals surface area contributed by atoms with Crippen LogP contribution in [-0.4, -0.2) is 35.8 Å². The topological polar surface area (TPSA) is 38.8 Å². The third-order valence-electron chi connectivity index (χ3n) is 5.15. The molecule has 3 rings (SSSR count). The summed E-state index contributed by atoms with van der Waals surface area (Å²) in [6, 6.07) is 10.6. The second-order valence-corrected chi connectivity index (χ2v) is 8.65. The van der Waals surface area contributed by atoms with Gasteiger partial charge in [0, 0.05) is 12.6 Å². The Balaban J connectivity index is 1.49. The molecule has 1 aliphatic carbocycles. The monoisotopic (exact) mass is 345 g/mol. The smallest absolute Gasteiger partial charge is 0.410 e. The molecule has 1 aromatic carbocycles. The number of hydrogen-bond acceptors (Lipinski definition) is 3. The van der Waals surface area contributed by atoms with Crippen molar-refractivity contribution >= 4 is 6.09 Å². The normalized spacial score (nSPS) is 22.0. The standard InChI is InChI=1S/C21H31NO3/c1-20(2,3)25-19(23)22-13-7-10-18(22)14-21(11-12-21)16-24-15-17-8-5-4-6-9-17/h4-6,8-9,18H,7,10-16H2,1-3H3. The number of hydrogen-bond donors (Lipinski definition) is 0. The van der Waals surface area contributed by atoms with Crippen molar-refractivity contribution in [1.29, 1.82) is 0 Å². The summed E-state index contributed by atoms with van der Waals surface area (Å²) in [7, 11) is 0. The zero-order valence-corrected chi connectivity index (χ0v) is 15.8. The van der Waals surface area contributed by atoms with Crippen LogP contribution in [-0.2, 0) is 16.1 Å². The summed E-state index contributed by atoms with van der Waals surface area (Å²) >= 11 is 0. The van der Waals surface area contributed by atoms with Gasteiger partial charge in [-0.1, -0.05) is 30.3 Å². The van der Waals surface area contributed by atoms with Crippen LogP contribution in [0.2, 0.25) is 0 Å². The summed E-state index contributed by atoms with van der Waals surface area (Å²) in [5, 5.41) is 0. The molecule has 4 heteroatoms. The molecule has 0 bridgehead atoms. The minimum atomic E-state index is -0.430. The SMILES string of the molecule is CC(C)(C)OC(=O)N1CCCC1CC1(COCc2ccccc2)CC1. The van der Waals surface area contributed by atoms with Crippen molar-refractivity contribution in [2.24, 2.45) is 5.41 Å². The Kier molecular flexibility index (Phi) is 5.38. The Labute approximate surface area is 151 Å². The van der Waals surface area contributed by atoms with Gasteiger partial charge < -0.3 is 14.4 Å². The van der Waals surface area contributed by atoms with Gasteiger partial charge in [-0.25, -0.2) is 4.79 Å². The molecule has 0 aromatic heterocycles. The molecular weight excluding hydrogens is 314 g/mol. The largest absolute Gasteiger partial charge is 0.444 e. The number of nitrogens with zero attached hydrogens (tertiary/aromatic N) is 1. The maximum absolute atomic E-state index is 12.4. The zero-order valence-electron chi connectivity index (χ0n) is 15.8. The van der Waals surface area contributed by atoms with Crippen molar-refractivity contribution in [2.75, 3.05) is 13.2 Å². The predicted octanol–water partition coefficient (Wildman–Crippen LogP) is 4.77. The van der Waals surface area contributed by atoms with Gasteiger partial charge in [0.15, 0.2) is 0 Å². The second-order valence-electron chi connectivity index (χ2n) is 8.65. The first-order valence-corrected chi connectivity index (χ1v) is 9.48. The van der Waals surface area contributed by atoms with Crippen molar-refractivity contribution in [3.63, 3.8) is 0 Å². The zero-order chi connectivity index (χ0) is 17.9. The Morgan fingerprint density at radius 3 is 2.60 bits per heavy atom. The number of benzene rings is 1. The van der Waals surface area contributed by atoms with Gasteiger partial charge >= 0.3 is 6.09 Å². The highest BCUT2D eigenvalue weighted by molar-refractivity contribution is 5.69. The Hall–Kier alpha value is -1.55. The highest BCUT2D eigenvalue weighted by Gasteiger charge is 2.47. The summed E-state index contributed by atoms with van der Waals surface area (Å²) < 4.78 is 11.6. The molecular formula is C21H31NO3.